The smallest absolute Gasteiger partial charge is 0.261 e. The van der Waals surface area contributed by atoms with Gasteiger partial charge in [0.15, 0.2) is 6.61 Å². The lowest BCUT2D eigenvalue weighted by atomic mass is 9.86. The van der Waals surface area contributed by atoms with Crippen LogP contribution in [0, 0.1) is 6.92 Å². The Kier molecular flexibility index (Phi) is 9.90. The van der Waals surface area contributed by atoms with Gasteiger partial charge in [-0.2, -0.15) is 0 Å². The highest BCUT2D eigenvalue weighted by Gasteiger charge is 2.31. The maximum atomic E-state index is 13.8. The van der Waals surface area contributed by atoms with Gasteiger partial charge in [-0.05, 0) is 41.5 Å². The number of aryl methyl sites for hydroxylation is 1. The van der Waals surface area contributed by atoms with E-state index >= 15 is 0 Å². The maximum Gasteiger partial charge on any atom is 0.261 e. The van der Waals surface area contributed by atoms with Crippen molar-refractivity contribution in [1.82, 2.24) is 10.2 Å². The summed E-state index contributed by atoms with van der Waals surface area (Å²) in [5.41, 5.74) is 4.02. The van der Waals surface area contributed by atoms with E-state index in [9.17, 15) is 9.59 Å². The Balaban J connectivity index is 1.92. The molecule has 0 heterocycles. The second-order valence-electron chi connectivity index (χ2n) is 10.5. The lowest BCUT2D eigenvalue weighted by Gasteiger charge is -2.32. The van der Waals surface area contributed by atoms with E-state index in [4.69, 9.17) is 4.74 Å². The van der Waals surface area contributed by atoms with Crippen molar-refractivity contribution < 1.29 is 14.3 Å². The van der Waals surface area contributed by atoms with Crippen molar-refractivity contribution in [3.63, 3.8) is 0 Å². The average Bonchev–Trinajstić information content (AvgIpc) is 2.89. The van der Waals surface area contributed by atoms with Gasteiger partial charge in [-0.3, -0.25) is 9.59 Å². The van der Waals surface area contributed by atoms with Crippen molar-refractivity contribution in [2.45, 2.75) is 65.5 Å². The van der Waals surface area contributed by atoms with Crippen LogP contribution in [-0.2, 0) is 28.0 Å². The fourth-order valence-corrected chi connectivity index (χ4v) is 4.24. The second-order valence-corrected chi connectivity index (χ2v) is 10.5. The van der Waals surface area contributed by atoms with E-state index in [0.29, 0.717) is 25.3 Å². The van der Waals surface area contributed by atoms with E-state index in [-0.39, 0.29) is 23.8 Å². The summed E-state index contributed by atoms with van der Waals surface area (Å²) in [6.45, 7) is 11.1. The molecule has 3 aromatic rings. The molecule has 0 aliphatic heterocycles. The molecule has 1 N–H and O–H groups in total. The summed E-state index contributed by atoms with van der Waals surface area (Å²) in [5, 5.41) is 3.01. The van der Waals surface area contributed by atoms with E-state index < -0.39 is 6.04 Å². The lowest BCUT2D eigenvalue weighted by Crippen LogP contribution is -2.51. The predicted octanol–water partition coefficient (Wildman–Crippen LogP) is 5.84. The van der Waals surface area contributed by atoms with Crippen molar-refractivity contribution >= 4 is 11.8 Å². The van der Waals surface area contributed by atoms with E-state index in [2.05, 4.69) is 26.1 Å². The minimum atomic E-state index is -0.663. The molecule has 0 unspecified atom stereocenters. The Bertz CT molecular complexity index is 1150. The minimum Gasteiger partial charge on any atom is -0.483 e. The van der Waals surface area contributed by atoms with Gasteiger partial charge in [0.2, 0.25) is 5.91 Å². The van der Waals surface area contributed by atoms with Crippen LogP contribution in [0.2, 0.25) is 0 Å². The van der Waals surface area contributed by atoms with Gasteiger partial charge < -0.3 is 15.0 Å². The van der Waals surface area contributed by atoms with Crippen LogP contribution < -0.4 is 10.1 Å². The fraction of sp³-hybridized carbons (Fsp3) is 0.375. The zero-order valence-corrected chi connectivity index (χ0v) is 22.8. The van der Waals surface area contributed by atoms with Gasteiger partial charge in [0.05, 0.1) is 0 Å². The summed E-state index contributed by atoms with van der Waals surface area (Å²) in [6.07, 6.45) is 1.25. The first-order valence-electron chi connectivity index (χ1n) is 13.1. The van der Waals surface area contributed by atoms with Crippen molar-refractivity contribution in [3.8, 4) is 5.75 Å². The molecule has 5 heteroatoms. The van der Waals surface area contributed by atoms with Crippen molar-refractivity contribution in [2.24, 2.45) is 0 Å². The third kappa shape index (κ3) is 8.21. The average molecular weight is 501 g/mol. The normalized spacial score (nSPS) is 12.0. The number of nitrogens with one attached hydrogen (secondary N) is 1. The first-order valence-corrected chi connectivity index (χ1v) is 13.1. The molecule has 0 saturated heterocycles. The topological polar surface area (TPSA) is 58.6 Å². The fourth-order valence-electron chi connectivity index (χ4n) is 4.24. The largest absolute Gasteiger partial charge is 0.483 e. The van der Waals surface area contributed by atoms with Crippen LogP contribution in [0.15, 0.2) is 78.9 Å². The number of rotatable bonds is 11. The second kappa shape index (κ2) is 13.1. The van der Waals surface area contributed by atoms with E-state index in [1.807, 2.05) is 92.7 Å². The van der Waals surface area contributed by atoms with E-state index in [0.717, 1.165) is 28.7 Å². The van der Waals surface area contributed by atoms with E-state index in [1.54, 1.807) is 4.90 Å². The van der Waals surface area contributed by atoms with Gasteiger partial charge in [0.1, 0.15) is 11.8 Å². The van der Waals surface area contributed by atoms with Crippen LogP contribution in [0.3, 0.4) is 0 Å². The van der Waals surface area contributed by atoms with Gasteiger partial charge >= 0.3 is 0 Å². The van der Waals surface area contributed by atoms with Crippen LogP contribution in [-0.4, -0.2) is 35.9 Å². The molecule has 3 rings (SSSR count). The standard InChI is InChI=1S/C32H40N2O3/c1-6-20-33-31(36)28(21-25-12-8-7-9-13-25)34(22-26-18-16-24(2)17-19-26)30(35)23-37-29-15-11-10-14-27(29)32(3,4)5/h7-19,28H,6,20-23H2,1-5H3,(H,33,36)/t28-/m1/s1. The lowest BCUT2D eigenvalue weighted by molar-refractivity contribution is -0.142. The summed E-state index contributed by atoms with van der Waals surface area (Å²) >= 11 is 0. The van der Waals surface area contributed by atoms with Crippen LogP contribution in [0.5, 0.6) is 5.75 Å². The number of carbonyl (C=O) groups is 2. The SMILES string of the molecule is CCCNC(=O)[C@@H](Cc1ccccc1)N(Cc1ccc(C)cc1)C(=O)COc1ccccc1C(C)(C)C. The van der Waals surface area contributed by atoms with Crippen LogP contribution in [0.25, 0.3) is 0 Å². The third-order valence-electron chi connectivity index (χ3n) is 6.34. The highest BCUT2D eigenvalue weighted by molar-refractivity contribution is 5.88. The summed E-state index contributed by atoms with van der Waals surface area (Å²) in [7, 11) is 0. The van der Waals surface area contributed by atoms with E-state index in [1.165, 1.54) is 0 Å². The first kappa shape index (κ1) is 28.0. The Morgan fingerprint density at radius 1 is 0.892 bits per heavy atom. The zero-order chi connectivity index (χ0) is 26.8. The molecule has 0 bridgehead atoms. The highest BCUT2D eigenvalue weighted by Crippen LogP contribution is 2.31. The van der Waals surface area contributed by atoms with Gasteiger partial charge in [0, 0.05) is 19.5 Å². The number of ether oxygens (including phenoxy) is 1. The summed E-state index contributed by atoms with van der Waals surface area (Å²) in [4.78, 5) is 28.9. The van der Waals surface area contributed by atoms with Crippen molar-refractivity contribution in [1.29, 1.82) is 0 Å². The van der Waals surface area contributed by atoms with Gasteiger partial charge in [-0.1, -0.05) is 106 Å². The molecule has 0 spiro atoms. The quantitative estimate of drug-likeness (QED) is 0.360. The third-order valence-corrected chi connectivity index (χ3v) is 6.34. The number of benzene rings is 3. The van der Waals surface area contributed by atoms with Crippen molar-refractivity contribution in [3.05, 3.63) is 101 Å². The molecule has 196 valence electrons. The first-order chi connectivity index (χ1) is 17.7. The zero-order valence-electron chi connectivity index (χ0n) is 22.8. The Hall–Kier alpha value is -3.60. The monoisotopic (exact) mass is 500 g/mol. The molecule has 0 aliphatic carbocycles. The number of amides is 2. The number of carbonyl (C=O) groups excluding carboxylic acids is 2. The van der Waals surface area contributed by atoms with Crippen LogP contribution in [0.1, 0.15) is 56.4 Å². The highest BCUT2D eigenvalue weighted by atomic mass is 16.5. The predicted molar refractivity (Wildman–Crippen MR) is 150 cm³/mol. The molecule has 0 saturated carbocycles. The molecule has 0 fully saturated rings. The maximum absolute atomic E-state index is 13.8. The molecular weight excluding hydrogens is 460 g/mol. The number of nitrogens with zero attached hydrogens (tertiary/aromatic N) is 1. The molecule has 0 radical (unpaired) electrons. The van der Waals surface area contributed by atoms with Crippen LogP contribution in [0.4, 0.5) is 0 Å². The number of hydrogen-bond acceptors (Lipinski definition) is 3. The molecule has 1 atom stereocenters. The molecule has 2 amide bonds. The molecular formula is C32H40N2O3. The molecule has 0 aromatic heterocycles. The Morgan fingerprint density at radius 2 is 1.54 bits per heavy atom. The summed E-state index contributed by atoms with van der Waals surface area (Å²) < 4.78 is 6.10. The summed E-state index contributed by atoms with van der Waals surface area (Å²) in [5.74, 6) is 0.312. The van der Waals surface area contributed by atoms with Crippen molar-refractivity contribution in [2.75, 3.05) is 13.2 Å². The number of hydrogen-bond donors (Lipinski definition) is 1. The van der Waals surface area contributed by atoms with Gasteiger partial charge in [-0.25, -0.2) is 0 Å². The molecule has 37 heavy (non-hydrogen) atoms. The number of para-hydroxylation sites is 1. The Morgan fingerprint density at radius 3 is 2.19 bits per heavy atom. The molecule has 3 aromatic carbocycles. The van der Waals surface area contributed by atoms with Gasteiger partial charge in [-0.15, -0.1) is 0 Å². The Labute approximate surface area is 221 Å². The summed E-state index contributed by atoms with van der Waals surface area (Å²) in [6, 6.07) is 25.1. The minimum absolute atomic E-state index is 0.128. The molecule has 0 aliphatic rings. The molecule has 5 nitrogen and oxygen atoms in total. The van der Waals surface area contributed by atoms with Gasteiger partial charge in [0.25, 0.3) is 5.91 Å². The van der Waals surface area contributed by atoms with Crippen LogP contribution >= 0.6 is 0 Å².